The van der Waals surface area contributed by atoms with Crippen LogP contribution in [0.3, 0.4) is 0 Å². The van der Waals surface area contributed by atoms with Gasteiger partial charge in [-0.15, -0.1) is 11.3 Å². The maximum Gasteiger partial charge on any atom is 0.251 e. The lowest BCUT2D eigenvalue weighted by Gasteiger charge is -2.21. The highest BCUT2D eigenvalue weighted by atomic mass is 32.1. The number of hydrogen-bond acceptors (Lipinski definition) is 5. The Morgan fingerprint density at radius 3 is 3.16 bits per heavy atom. The van der Waals surface area contributed by atoms with E-state index in [1.807, 2.05) is 11.6 Å². The summed E-state index contributed by atoms with van der Waals surface area (Å²) < 4.78 is 5.91. The van der Waals surface area contributed by atoms with Gasteiger partial charge in [-0.3, -0.25) is 9.69 Å². The van der Waals surface area contributed by atoms with Crippen LogP contribution in [-0.2, 0) is 16.1 Å². The molecular weight excluding hydrogens is 262 g/mol. The van der Waals surface area contributed by atoms with E-state index in [9.17, 15) is 4.79 Å². The zero-order valence-electron chi connectivity index (χ0n) is 11.3. The zero-order chi connectivity index (χ0) is 13.4. The molecule has 2 saturated heterocycles. The smallest absolute Gasteiger partial charge is 0.251 e. The molecular formula is C13H19N3O2S. The molecule has 0 bridgehead atoms. The van der Waals surface area contributed by atoms with Crippen LogP contribution in [0.4, 0.5) is 0 Å². The number of ether oxygens (including phenoxy) is 1. The predicted octanol–water partition coefficient (Wildman–Crippen LogP) is 0.963. The molecule has 0 N–H and O–H groups in total. The van der Waals surface area contributed by atoms with Gasteiger partial charge in [0.2, 0.25) is 0 Å². The van der Waals surface area contributed by atoms with Gasteiger partial charge < -0.3 is 9.64 Å². The van der Waals surface area contributed by atoms with E-state index in [1.54, 1.807) is 30.3 Å². The molecule has 1 aromatic heterocycles. The number of hydrogen-bond donors (Lipinski definition) is 0. The van der Waals surface area contributed by atoms with Crippen LogP contribution in [0.25, 0.3) is 0 Å². The highest BCUT2D eigenvalue weighted by Gasteiger charge is 2.45. The number of likely N-dealkylation sites (N-methyl/N-ethyl adjacent to an activating group) is 1. The molecule has 0 spiro atoms. The molecule has 3 rings (SSSR count). The largest absolute Gasteiger partial charge is 0.363 e. The third kappa shape index (κ3) is 2.52. The lowest BCUT2D eigenvalue weighted by atomic mass is 10.1. The molecule has 0 radical (unpaired) electrons. The van der Waals surface area contributed by atoms with Crippen LogP contribution >= 0.6 is 11.3 Å². The Morgan fingerprint density at radius 2 is 2.47 bits per heavy atom. The molecule has 3 heterocycles. The number of carbonyl (C=O) groups is 1. The lowest BCUT2D eigenvalue weighted by Crippen LogP contribution is -2.35. The SMILES string of the molecule is CN(C)C(=O)[C@@H]1C[C@@H]2[C@@H](CCN2Cc2nccs2)O1. The van der Waals surface area contributed by atoms with Crippen molar-refractivity contribution in [3.63, 3.8) is 0 Å². The molecule has 1 amide bonds. The van der Waals surface area contributed by atoms with Gasteiger partial charge in [0.1, 0.15) is 11.1 Å². The van der Waals surface area contributed by atoms with Crippen LogP contribution in [0, 0.1) is 0 Å². The molecule has 0 saturated carbocycles. The van der Waals surface area contributed by atoms with Crippen LogP contribution in [0.2, 0.25) is 0 Å². The molecule has 3 atom stereocenters. The number of rotatable bonds is 3. The Bertz CT molecular complexity index is 449. The summed E-state index contributed by atoms with van der Waals surface area (Å²) in [7, 11) is 3.57. The van der Waals surface area contributed by atoms with E-state index in [4.69, 9.17) is 4.74 Å². The molecule has 5 nitrogen and oxygen atoms in total. The van der Waals surface area contributed by atoms with E-state index < -0.39 is 0 Å². The monoisotopic (exact) mass is 281 g/mol. The average Bonchev–Trinajstić information content (AvgIpc) is 3.07. The summed E-state index contributed by atoms with van der Waals surface area (Å²) in [5.41, 5.74) is 0. The number of nitrogens with zero attached hydrogens (tertiary/aromatic N) is 3. The highest BCUT2D eigenvalue weighted by molar-refractivity contribution is 7.09. The van der Waals surface area contributed by atoms with E-state index in [0.717, 1.165) is 30.9 Å². The molecule has 2 aliphatic heterocycles. The Hall–Kier alpha value is -0.980. The summed E-state index contributed by atoms with van der Waals surface area (Å²) in [4.78, 5) is 20.3. The van der Waals surface area contributed by atoms with Gasteiger partial charge in [0.15, 0.2) is 0 Å². The first-order chi connectivity index (χ1) is 9.15. The van der Waals surface area contributed by atoms with Crippen LogP contribution < -0.4 is 0 Å². The van der Waals surface area contributed by atoms with Crippen LogP contribution in [0.15, 0.2) is 11.6 Å². The summed E-state index contributed by atoms with van der Waals surface area (Å²) >= 11 is 1.69. The van der Waals surface area contributed by atoms with Crippen molar-refractivity contribution in [1.29, 1.82) is 0 Å². The fourth-order valence-corrected chi connectivity index (χ4v) is 3.62. The minimum Gasteiger partial charge on any atom is -0.363 e. The van der Waals surface area contributed by atoms with E-state index in [2.05, 4.69) is 9.88 Å². The Labute approximate surface area is 117 Å². The highest BCUT2D eigenvalue weighted by Crippen LogP contribution is 2.34. The predicted molar refractivity (Wildman–Crippen MR) is 72.9 cm³/mol. The van der Waals surface area contributed by atoms with E-state index in [1.165, 1.54) is 0 Å². The Morgan fingerprint density at radius 1 is 1.63 bits per heavy atom. The van der Waals surface area contributed by atoms with Crippen molar-refractivity contribution in [2.75, 3.05) is 20.6 Å². The molecule has 2 fully saturated rings. The van der Waals surface area contributed by atoms with Crippen molar-refractivity contribution >= 4 is 17.2 Å². The quantitative estimate of drug-likeness (QED) is 0.828. The molecule has 2 aliphatic rings. The topological polar surface area (TPSA) is 45.7 Å². The van der Waals surface area contributed by atoms with E-state index in [0.29, 0.717) is 6.04 Å². The number of fused-ring (bicyclic) bond motifs is 1. The molecule has 6 heteroatoms. The van der Waals surface area contributed by atoms with E-state index >= 15 is 0 Å². The molecule has 0 aliphatic carbocycles. The minimum atomic E-state index is -0.260. The van der Waals surface area contributed by atoms with Crippen LogP contribution in [-0.4, -0.2) is 59.6 Å². The third-order valence-corrected chi connectivity index (χ3v) is 4.70. The summed E-state index contributed by atoms with van der Waals surface area (Å²) in [6, 6.07) is 0.373. The Kier molecular flexibility index (Phi) is 3.56. The molecule has 19 heavy (non-hydrogen) atoms. The zero-order valence-corrected chi connectivity index (χ0v) is 12.1. The summed E-state index contributed by atoms with van der Waals surface area (Å²) in [6.45, 7) is 1.92. The normalized spacial score (nSPS) is 30.5. The summed E-state index contributed by atoms with van der Waals surface area (Å²) in [5.74, 6) is 0.0867. The van der Waals surface area contributed by atoms with Crippen molar-refractivity contribution in [3.8, 4) is 0 Å². The van der Waals surface area contributed by atoms with Gasteiger partial charge in [0, 0.05) is 44.7 Å². The summed E-state index contributed by atoms with van der Waals surface area (Å²) in [6.07, 6.45) is 3.63. The molecule has 0 unspecified atom stereocenters. The Balaban J connectivity index is 1.64. The number of thiazole rings is 1. The number of likely N-dealkylation sites (tertiary alicyclic amines) is 1. The molecule has 104 valence electrons. The van der Waals surface area contributed by atoms with Gasteiger partial charge in [0.25, 0.3) is 5.91 Å². The minimum absolute atomic E-state index is 0.0867. The molecule has 1 aromatic rings. The number of aromatic nitrogens is 1. The second-order valence-electron chi connectivity index (χ2n) is 5.38. The summed E-state index contributed by atoms with van der Waals surface area (Å²) in [5, 5.41) is 3.15. The second kappa shape index (κ2) is 5.19. The standard InChI is InChI=1S/C13H19N3O2S/c1-15(2)13(17)11-7-9-10(18-11)3-5-16(9)8-12-14-4-6-19-12/h4,6,9-11H,3,5,7-8H2,1-2H3/t9-,10-,11+/m1/s1. The number of carbonyl (C=O) groups excluding carboxylic acids is 1. The van der Waals surface area contributed by atoms with Gasteiger partial charge in [-0.05, 0) is 6.42 Å². The van der Waals surface area contributed by atoms with Gasteiger partial charge in [-0.25, -0.2) is 4.98 Å². The van der Waals surface area contributed by atoms with Gasteiger partial charge in [-0.2, -0.15) is 0 Å². The first-order valence-corrected chi connectivity index (χ1v) is 7.52. The fourth-order valence-electron chi connectivity index (χ4n) is 2.98. The van der Waals surface area contributed by atoms with Crippen LogP contribution in [0.1, 0.15) is 17.8 Å². The van der Waals surface area contributed by atoms with E-state index in [-0.39, 0.29) is 18.1 Å². The van der Waals surface area contributed by atoms with Gasteiger partial charge in [-0.1, -0.05) is 0 Å². The number of amides is 1. The first-order valence-electron chi connectivity index (χ1n) is 6.64. The van der Waals surface area contributed by atoms with Crippen molar-refractivity contribution in [2.45, 2.75) is 37.6 Å². The maximum atomic E-state index is 12.0. The van der Waals surface area contributed by atoms with Crippen molar-refractivity contribution < 1.29 is 9.53 Å². The van der Waals surface area contributed by atoms with Gasteiger partial charge in [0.05, 0.1) is 12.6 Å². The van der Waals surface area contributed by atoms with Crippen molar-refractivity contribution in [2.24, 2.45) is 0 Å². The first kappa shape index (κ1) is 13.0. The van der Waals surface area contributed by atoms with Crippen LogP contribution in [0.5, 0.6) is 0 Å². The maximum absolute atomic E-state index is 12.0. The lowest BCUT2D eigenvalue weighted by molar-refractivity contribution is -0.140. The van der Waals surface area contributed by atoms with Gasteiger partial charge >= 0.3 is 0 Å². The van der Waals surface area contributed by atoms with Crippen molar-refractivity contribution in [3.05, 3.63) is 16.6 Å². The molecule has 0 aromatic carbocycles. The second-order valence-corrected chi connectivity index (χ2v) is 6.36. The third-order valence-electron chi connectivity index (χ3n) is 3.93. The van der Waals surface area contributed by atoms with Crippen molar-refractivity contribution in [1.82, 2.24) is 14.8 Å². The average molecular weight is 281 g/mol. The fraction of sp³-hybridized carbons (Fsp3) is 0.692.